The number of nitrogens with zero attached hydrogens (tertiary/aromatic N) is 4. The summed E-state index contributed by atoms with van der Waals surface area (Å²) in [6.07, 6.45) is 7.88. The molecule has 3 aromatic carbocycles. The molecule has 6 nitrogen and oxygen atoms in total. The highest BCUT2D eigenvalue weighted by atomic mass is 16.5. The fourth-order valence-electron chi connectivity index (χ4n) is 3.67. The molecule has 0 aliphatic heterocycles. The van der Waals surface area contributed by atoms with Crippen LogP contribution in [0.2, 0.25) is 0 Å². The summed E-state index contributed by atoms with van der Waals surface area (Å²) in [5.74, 6) is 1.21. The third kappa shape index (κ3) is 7.21. The van der Waals surface area contributed by atoms with Gasteiger partial charge in [-0.1, -0.05) is 93.3 Å². The van der Waals surface area contributed by atoms with Gasteiger partial charge in [-0.05, 0) is 36.2 Å². The predicted octanol–water partition coefficient (Wildman–Crippen LogP) is 7.00. The first kappa shape index (κ1) is 24.1. The van der Waals surface area contributed by atoms with Crippen molar-refractivity contribution in [2.75, 3.05) is 12.0 Å². The Morgan fingerprint density at radius 1 is 0.743 bits per heavy atom. The van der Waals surface area contributed by atoms with Crippen LogP contribution < -0.4 is 10.2 Å². The van der Waals surface area contributed by atoms with Gasteiger partial charge in [-0.25, -0.2) is 10.4 Å². The molecule has 0 radical (unpaired) electrons. The average Bonchev–Trinajstić information content (AvgIpc) is 2.92. The Balaban J connectivity index is 1.39. The monoisotopic (exact) mass is 465 g/mol. The SMILES string of the molecule is CCCCCCCOc1ccc(/C=N\Nc2nnc(-c3ccccc3)c(-c3ccccc3)n2)cc1. The van der Waals surface area contributed by atoms with Crippen molar-refractivity contribution in [2.24, 2.45) is 5.10 Å². The van der Waals surface area contributed by atoms with Crippen LogP contribution in [0.15, 0.2) is 90.0 Å². The van der Waals surface area contributed by atoms with Gasteiger partial charge >= 0.3 is 0 Å². The third-order valence-electron chi connectivity index (χ3n) is 5.56. The van der Waals surface area contributed by atoms with Crippen LogP contribution in [-0.2, 0) is 0 Å². The fourth-order valence-corrected chi connectivity index (χ4v) is 3.67. The number of anilines is 1. The topological polar surface area (TPSA) is 72.3 Å². The summed E-state index contributed by atoms with van der Waals surface area (Å²) in [4.78, 5) is 4.71. The number of ether oxygens (including phenoxy) is 1. The van der Waals surface area contributed by atoms with Gasteiger partial charge < -0.3 is 4.74 Å². The van der Waals surface area contributed by atoms with Crippen molar-refractivity contribution in [1.82, 2.24) is 15.2 Å². The Hall–Kier alpha value is -4.06. The number of aromatic nitrogens is 3. The van der Waals surface area contributed by atoms with Crippen molar-refractivity contribution in [3.8, 4) is 28.3 Å². The second kappa shape index (κ2) is 13.0. The van der Waals surface area contributed by atoms with Crippen LogP contribution in [0, 0.1) is 0 Å². The second-order valence-corrected chi connectivity index (χ2v) is 8.27. The lowest BCUT2D eigenvalue weighted by Gasteiger charge is -2.09. The molecule has 0 spiro atoms. The van der Waals surface area contributed by atoms with E-state index >= 15 is 0 Å². The Kier molecular flexibility index (Phi) is 8.93. The molecular weight excluding hydrogens is 434 g/mol. The zero-order valence-electron chi connectivity index (χ0n) is 20.1. The largest absolute Gasteiger partial charge is 0.494 e. The van der Waals surface area contributed by atoms with E-state index in [4.69, 9.17) is 9.72 Å². The van der Waals surface area contributed by atoms with E-state index < -0.39 is 0 Å². The summed E-state index contributed by atoms with van der Waals surface area (Å²) in [5, 5.41) is 13.0. The molecule has 0 amide bonds. The number of nitrogens with one attached hydrogen (secondary N) is 1. The molecule has 35 heavy (non-hydrogen) atoms. The number of hydrogen-bond donors (Lipinski definition) is 1. The minimum atomic E-state index is 0.336. The summed E-state index contributed by atoms with van der Waals surface area (Å²) >= 11 is 0. The van der Waals surface area contributed by atoms with Gasteiger partial charge in [-0.2, -0.15) is 5.10 Å². The zero-order chi connectivity index (χ0) is 24.1. The quantitative estimate of drug-likeness (QED) is 0.138. The van der Waals surface area contributed by atoms with Crippen molar-refractivity contribution in [3.05, 3.63) is 90.5 Å². The van der Waals surface area contributed by atoms with Gasteiger partial charge in [0.25, 0.3) is 5.95 Å². The van der Waals surface area contributed by atoms with Crippen molar-refractivity contribution < 1.29 is 4.74 Å². The average molecular weight is 466 g/mol. The van der Waals surface area contributed by atoms with Crippen LogP contribution >= 0.6 is 0 Å². The standard InChI is InChI=1S/C29H31N5O/c1-2-3-4-5-12-21-35-26-19-17-23(18-20-26)22-30-33-29-31-27(24-13-8-6-9-14-24)28(32-34-29)25-15-10-7-11-16-25/h6-11,13-20,22H,2-5,12,21H2,1H3,(H,31,33,34)/b30-22-. The molecular formula is C29H31N5O. The highest BCUT2D eigenvalue weighted by Gasteiger charge is 2.13. The molecule has 1 N–H and O–H groups in total. The van der Waals surface area contributed by atoms with Crippen LogP contribution in [-0.4, -0.2) is 28.0 Å². The van der Waals surface area contributed by atoms with E-state index in [0.717, 1.165) is 46.9 Å². The van der Waals surface area contributed by atoms with Gasteiger partial charge in [0.1, 0.15) is 17.1 Å². The van der Waals surface area contributed by atoms with Crippen LogP contribution in [0.4, 0.5) is 5.95 Å². The molecule has 1 heterocycles. The van der Waals surface area contributed by atoms with E-state index in [1.165, 1.54) is 25.7 Å². The van der Waals surface area contributed by atoms with Crippen LogP contribution in [0.3, 0.4) is 0 Å². The smallest absolute Gasteiger partial charge is 0.263 e. The summed E-state index contributed by atoms with van der Waals surface area (Å²) in [5.41, 5.74) is 7.27. The molecule has 0 atom stereocenters. The van der Waals surface area contributed by atoms with Gasteiger partial charge in [-0.3, -0.25) is 0 Å². The van der Waals surface area contributed by atoms with Crippen LogP contribution in [0.1, 0.15) is 44.6 Å². The van der Waals surface area contributed by atoms with Gasteiger partial charge in [0.15, 0.2) is 0 Å². The molecule has 178 valence electrons. The summed E-state index contributed by atoms with van der Waals surface area (Å²) in [6.45, 7) is 2.98. The van der Waals surface area contributed by atoms with Crippen molar-refractivity contribution in [2.45, 2.75) is 39.0 Å². The normalized spacial score (nSPS) is 11.0. The van der Waals surface area contributed by atoms with Gasteiger partial charge in [-0.15, -0.1) is 10.2 Å². The highest BCUT2D eigenvalue weighted by molar-refractivity contribution is 5.80. The van der Waals surface area contributed by atoms with E-state index in [2.05, 4.69) is 27.6 Å². The van der Waals surface area contributed by atoms with Crippen molar-refractivity contribution in [3.63, 3.8) is 0 Å². The molecule has 0 saturated heterocycles. The molecule has 0 aliphatic rings. The van der Waals surface area contributed by atoms with Gasteiger partial charge in [0.2, 0.25) is 0 Å². The van der Waals surface area contributed by atoms with Gasteiger partial charge in [0.05, 0.1) is 12.8 Å². The molecule has 4 aromatic rings. The number of hydrogen-bond acceptors (Lipinski definition) is 6. The summed E-state index contributed by atoms with van der Waals surface area (Å²) in [6, 6.07) is 27.8. The molecule has 4 rings (SSSR count). The molecule has 0 aliphatic carbocycles. The van der Waals surface area contributed by atoms with E-state index in [-0.39, 0.29) is 0 Å². The number of benzene rings is 3. The third-order valence-corrected chi connectivity index (χ3v) is 5.56. The molecule has 0 bridgehead atoms. The Labute approximate surface area is 207 Å². The lowest BCUT2D eigenvalue weighted by Crippen LogP contribution is -2.03. The maximum Gasteiger partial charge on any atom is 0.263 e. The maximum atomic E-state index is 5.83. The first-order chi connectivity index (χ1) is 17.3. The number of hydrazone groups is 1. The lowest BCUT2D eigenvalue weighted by atomic mass is 10.0. The van der Waals surface area contributed by atoms with Crippen LogP contribution in [0.5, 0.6) is 5.75 Å². The van der Waals surface area contributed by atoms with Gasteiger partial charge in [0, 0.05) is 11.1 Å². The molecule has 0 unspecified atom stereocenters. The Bertz CT molecular complexity index is 1190. The first-order valence-corrected chi connectivity index (χ1v) is 12.2. The minimum Gasteiger partial charge on any atom is -0.494 e. The predicted molar refractivity (Wildman–Crippen MR) is 143 cm³/mol. The Morgan fingerprint density at radius 3 is 2.09 bits per heavy atom. The zero-order valence-corrected chi connectivity index (χ0v) is 20.1. The minimum absolute atomic E-state index is 0.336. The molecule has 1 aromatic heterocycles. The molecule has 0 fully saturated rings. The fraction of sp³-hybridized carbons (Fsp3) is 0.241. The molecule has 0 saturated carbocycles. The Morgan fingerprint density at radius 2 is 1.40 bits per heavy atom. The van der Waals surface area contributed by atoms with Crippen LogP contribution in [0.25, 0.3) is 22.5 Å². The first-order valence-electron chi connectivity index (χ1n) is 12.2. The van der Waals surface area contributed by atoms with Crippen molar-refractivity contribution >= 4 is 12.2 Å². The van der Waals surface area contributed by atoms with E-state index in [1.807, 2.05) is 84.9 Å². The van der Waals surface area contributed by atoms with E-state index in [1.54, 1.807) is 6.21 Å². The highest BCUT2D eigenvalue weighted by Crippen LogP contribution is 2.28. The summed E-state index contributed by atoms with van der Waals surface area (Å²) in [7, 11) is 0. The molecule has 6 heteroatoms. The summed E-state index contributed by atoms with van der Waals surface area (Å²) < 4.78 is 5.83. The van der Waals surface area contributed by atoms with E-state index in [9.17, 15) is 0 Å². The lowest BCUT2D eigenvalue weighted by molar-refractivity contribution is 0.304. The van der Waals surface area contributed by atoms with E-state index in [0.29, 0.717) is 5.95 Å². The maximum absolute atomic E-state index is 5.83. The number of unbranched alkanes of at least 4 members (excludes halogenated alkanes) is 4. The number of rotatable bonds is 12. The van der Waals surface area contributed by atoms with Crippen molar-refractivity contribution in [1.29, 1.82) is 0 Å². The second-order valence-electron chi connectivity index (χ2n) is 8.27.